The van der Waals surface area contributed by atoms with E-state index in [1.165, 1.54) is 0 Å². The lowest BCUT2D eigenvalue weighted by atomic mass is 9.78. The maximum atomic E-state index is 6.49. The summed E-state index contributed by atoms with van der Waals surface area (Å²) in [5.74, 6) is 0.806. The van der Waals surface area contributed by atoms with E-state index in [0.717, 1.165) is 11.1 Å². The zero-order valence-electron chi connectivity index (χ0n) is 18.3. The number of hydrogen-bond acceptors (Lipinski definition) is 2. The molecule has 172 valence electrons. The van der Waals surface area contributed by atoms with Crippen molar-refractivity contribution in [3.05, 3.63) is 55.5 Å². The molecule has 0 fully saturated rings. The van der Waals surface area contributed by atoms with Gasteiger partial charge in [-0.3, -0.25) is 0 Å². The lowest BCUT2D eigenvalue weighted by Crippen LogP contribution is -2.23. The summed E-state index contributed by atoms with van der Waals surface area (Å²) in [5.41, 5.74) is 1.25. The fourth-order valence-electron chi connectivity index (χ4n) is 2.77. The van der Waals surface area contributed by atoms with Crippen LogP contribution in [-0.4, -0.2) is 23.0 Å². The van der Waals surface area contributed by atoms with Crippen LogP contribution < -0.4 is 9.47 Å². The molecule has 0 saturated heterocycles. The molecule has 0 aliphatic rings. The molecule has 0 aromatic heterocycles. The summed E-state index contributed by atoms with van der Waals surface area (Å²) < 4.78 is 11.5. The predicted molar refractivity (Wildman–Crippen MR) is 136 cm³/mol. The quantitative estimate of drug-likeness (QED) is 0.307. The van der Waals surface area contributed by atoms with Gasteiger partial charge in [-0.15, -0.1) is 23.2 Å². The molecule has 0 aliphatic carbocycles. The summed E-state index contributed by atoms with van der Waals surface area (Å²) in [6, 6.07) is 7.30. The molecule has 8 heteroatoms. The molecule has 31 heavy (non-hydrogen) atoms. The molecule has 0 N–H and O–H groups in total. The van der Waals surface area contributed by atoms with Crippen molar-refractivity contribution in [2.24, 2.45) is 0 Å². The van der Waals surface area contributed by atoms with E-state index in [-0.39, 0.29) is 13.2 Å². The molecule has 0 heterocycles. The normalized spacial score (nSPS) is 12.8. The van der Waals surface area contributed by atoms with Gasteiger partial charge < -0.3 is 9.47 Å². The van der Waals surface area contributed by atoms with Gasteiger partial charge in [0.15, 0.2) is 11.5 Å². The standard InChI is InChI=1S/C23H26Cl6O2/c1-21(2,28)11-30-19-15(24)7-13(8-16(19)25)23(5,6)14-9-17(26)20(18(27)10-14)31-12-22(3,4)29/h7-10H,11-12H2,1-6H3. The highest BCUT2D eigenvalue weighted by Crippen LogP contribution is 2.44. The van der Waals surface area contributed by atoms with Crippen LogP contribution in [0.3, 0.4) is 0 Å². The van der Waals surface area contributed by atoms with E-state index in [2.05, 4.69) is 0 Å². The molecule has 0 spiro atoms. The van der Waals surface area contributed by atoms with Crippen LogP contribution in [0.15, 0.2) is 24.3 Å². The van der Waals surface area contributed by atoms with Gasteiger partial charge >= 0.3 is 0 Å². The second kappa shape index (κ2) is 9.95. The fourth-order valence-corrected chi connectivity index (χ4v) is 4.07. The van der Waals surface area contributed by atoms with Crippen LogP contribution in [0.1, 0.15) is 52.7 Å². The third kappa shape index (κ3) is 7.39. The largest absolute Gasteiger partial charge is 0.489 e. The molecule has 2 aromatic carbocycles. The van der Waals surface area contributed by atoms with Crippen molar-refractivity contribution >= 4 is 69.6 Å². The molecule has 0 radical (unpaired) electrons. The Kier molecular flexibility index (Phi) is 8.68. The van der Waals surface area contributed by atoms with Crippen molar-refractivity contribution in [3.63, 3.8) is 0 Å². The van der Waals surface area contributed by atoms with Crippen LogP contribution in [0.25, 0.3) is 0 Å². The van der Waals surface area contributed by atoms with Gasteiger partial charge in [0.25, 0.3) is 0 Å². The molecule has 0 unspecified atom stereocenters. The monoisotopic (exact) mass is 544 g/mol. The molecule has 0 aliphatic heterocycles. The van der Waals surface area contributed by atoms with Crippen LogP contribution in [0, 0.1) is 0 Å². The van der Waals surface area contributed by atoms with E-state index in [0.29, 0.717) is 31.6 Å². The van der Waals surface area contributed by atoms with Gasteiger partial charge in [-0.05, 0) is 63.1 Å². The second-order valence-electron chi connectivity index (χ2n) is 9.18. The summed E-state index contributed by atoms with van der Waals surface area (Å²) in [6.07, 6.45) is 0. The van der Waals surface area contributed by atoms with Gasteiger partial charge in [-0.1, -0.05) is 60.3 Å². The van der Waals surface area contributed by atoms with Crippen LogP contribution in [0.2, 0.25) is 20.1 Å². The minimum absolute atomic E-state index is 0.266. The Hall–Kier alpha value is -0.220. The highest BCUT2D eigenvalue weighted by Gasteiger charge is 2.28. The lowest BCUT2D eigenvalue weighted by Gasteiger charge is -2.28. The topological polar surface area (TPSA) is 18.5 Å². The predicted octanol–water partition coefficient (Wildman–Crippen LogP) is 9.42. The van der Waals surface area contributed by atoms with E-state index in [9.17, 15) is 0 Å². The SMILES string of the molecule is CC(C)(Cl)COc1c(Cl)cc(C(C)(C)c2cc(Cl)c(OCC(C)(C)Cl)c(Cl)c2)cc1Cl. The average molecular weight is 547 g/mol. The first-order valence-electron chi connectivity index (χ1n) is 9.64. The second-order valence-corrected chi connectivity index (χ2v) is 12.9. The first-order valence-corrected chi connectivity index (χ1v) is 11.9. The molecule has 0 bridgehead atoms. The van der Waals surface area contributed by atoms with Gasteiger partial charge in [0.1, 0.15) is 13.2 Å². The molecule has 0 amide bonds. The molecular weight excluding hydrogens is 521 g/mol. The molecule has 0 atom stereocenters. The first kappa shape index (κ1) is 27.0. The van der Waals surface area contributed by atoms with E-state index in [1.54, 1.807) is 0 Å². The van der Waals surface area contributed by atoms with Crippen LogP contribution >= 0.6 is 69.6 Å². The number of ether oxygens (including phenoxy) is 2. The molecule has 2 aromatic rings. The van der Waals surface area contributed by atoms with Crippen molar-refractivity contribution in [3.8, 4) is 11.5 Å². The summed E-state index contributed by atoms with van der Waals surface area (Å²) in [6.45, 7) is 12.0. The fraction of sp³-hybridized carbons (Fsp3) is 0.478. The van der Waals surface area contributed by atoms with E-state index < -0.39 is 15.2 Å². The van der Waals surface area contributed by atoms with Gasteiger partial charge in [-0.2, -0.15) is 0 Å². The Balaban J connectivity index is 2.38. The zero-order valence-corrected chi connectivity index (χ0v) is 22.8. The number of hydrogen-bond donors (Lipinski definition) is 0. The Morgan fingerprint density at radius 3 is 1.06 bits per heavy atom. The Bertz CT molecular complexity index is 821. The molecule has 2 rings (SSSR count). The van der Waals surface area contributed by atoms with Crippen molar-refractivity contribution in [1.82, 2.24) is 0 Å². The lowest BCUT2D eigenvalue weighted by molar-refractivity contribution is 0.284. The molecule has 2 nitrogen and oxygen atoms in total. The highest BCUT2D eigenvalue weighted by molar-refractivity contribution is 6.38. The van der Waals surface area contributed by atoms with E-state index in [4.69, 9.17) is 79.1 Å². The minimum atomic E-state index is -0.541. The van der Waals surface area contributed by atoms with Gasteiger partial charge in [0.2, 0.25) is 0 Å². The average Bonchev–Trinajstić information content (AvgIpc) is 2.58. The van der Waals surface area contributed by atoms with Crippen molar-refractivity contribution in [1.29, 1.82) is 0 Å². The molecule has 0 saturated carbocycles. The smallest absolute Gasteiger partial charge is 0.156 e. The van der Waals surface area contributed by atoms with Gasteiger partial charge in [0.05, 0.1) is 29.8 Å². The van der Waals surface area contributed by atoms with Crippen molar-refractivity contribution < 1.29 is 9.47 Å². The zero-order chi connectivity index (χ0) is 23.8. The third-order valence-corrected chi connectivity index (χ3v) is 5.90. The van der Waals surface area contributed by atoms with Gasteiger partial charge in [-0.25, -0.2) is 0 Å². The minimum Gasteiger partial charge on any atom is -0.489 e. The summed E-state index contributed by atoms with van der Waals surface area (Å²) in [5, 5.41) is 1.60. The van der Waals surface area contributed by atoms with E-state index >= 15 is 0 Å². The number of alkyl halides is 2. The Morgan fingerprint density at radius 2 is 0.839 bits per heavy atom. The van der Waals surface area contributed by atoms with Crippen LogP contribution in [0.4, 0.5) is 0 Å². The summed E-state index contributed by atoms with van der Waals surface area (Å²) in [4.78, 5) is -1.08. The maximum absolute atomic E-state index is 6.49. The highest BCUT2D eigenvalue weighted by atomic mass is 35.5. The number of benzene rings is 2. The summed E-state index contributed by atoms with van der Waals surface area (Å²) >= 11 is 38.4. The van der Waals surface area contributed by atoms with E-state index in [1.807, 2.05) is 65.8 Å². The van der Waals surface area contributed by atoms with Crippen LogP contribution in [-0.2, 0) is 5.41 Å². The van der Waals surface area contributed by atoms with Crippen molar-refractivity contribution in [2.45, 2.75) is 56.7 Å². The number of rotatable bonds is 8. The summed E-state index contributed by atoms with van der Waals surface area (Å²) in [7, 11) is 0. The first-order chi connectivity index (χ1) is 14.0. The van der Waals surface area contributed by atoms with Crippen molar-refractivity contribution in [2.75, 3.05) is 13.2 Å². The Morgan fingerprint density at radius 1 is 0.581 bits per heavy atom. The number of halogens is 6. The molecular formula is C23H26Cl6O2. The third-order valence-electron chi connectivity index (χ3n) is 4.56. The van der Waals surface area contributed by atoms with Gasteiger partial charge in [0, 0.05) is 5.41 Å². The Labute approximate surface area is 215 Å². The van der Waals surface area contributed by atoms with Crippen LogP contribution in [0.5, 0.6) is 11.5 Å². The maximum Gasteiger partial charge on any atom is 0.156 e.